The van der Waals surface area contributed by atoms with Gasteiger partial charge in [-0.15, -0.1) is 0 Å². The smallest absolute Gasteiger partial charge is 0.119 e. The van der Waals surface area contributed by atoms with Gasteiger partial charge in [-0.3, -0.25) is 0 Å². The maximum atomic E-state index is 5.09. The summed E-state index contributed by atoms with van der Waals surface area (Å²) in [6, 6.07) is 0. The molecule has 1 nitrogen and oxygen atoms in total. The minimum Gasteiger partial charge on any atom is -0.367 e. The van der Waals surface area contributed by atoms with Crippen LogP contribution < -0.4 is 0 Å². The molecular weight excluding hydrogens is 168 g/mol. The molecule has 0 bridgehead atoms. The minimum absolute atomic E-state index is 0.0955. The van der Waals surface area contributed by atoms with E-state index in [0.29, 0.717) is 0 Å². The normalized spacial score (nSPS) is 18.0. The second-order valence-electron chi connectivity index (χ2n) is 2.06. The van der Waals surface area contributed by atoms with Gasteiger partial charge in [0.25, 0.3) is 0 Å². The van der Waals surface area contributed by atoms with E-state index in [1.807, 2.05) is 6.92 Å². The molecular formula is C6H13BrO. The average Bonchev–Trinajstić information content (AvgIpc) is 1.67. The summed E-state index contributed by atoms with van der Waals surface area (Å²) in [5.41, 5.74) is 0. The molecule has 0 aliphatic rings. The zero-order valence-electron chi connectivity index (χ0n) is 5.70. The molecule has 0 aromatic rings. The molecule has 0 fully saturated rings. The summed E-state index contributed by atoms with van der Waals surface area (Å²) in [5.74, 6) is 0. The maximum absolute atomic E-state index is 5.09. The molecule has 0 amide bonds. The average molecular weight is 181 g/mol. The van der Waals surface area contributed by atoms with E-state index < -0.39 is 0 Å². The van der Waals surface area contributed by atoms with Crippen LogP contribution in [0.5, 0.6) is 0 Å². The van der Waals surface area contributed by atoms with Gasteiger partial charge in [-0.25, -0.2) is 0 Å². The predicted octanol–water partition coefficient (Wildman–Crippen LogP) is 2.54. The van der Waals surface area contributed by atoms with Crippen LogP contribution in [-0.4, -0.2) is 11.6 Å². The fraction of sp³-hybridized carbons (Fsp3) is 1.00. The Balaban J connectivity index is 3.37. The van der Waals surface area contributed by atoms with Gasteiger partial charge in [0.1, 0.15) is 4.51 Å². The fourth-order valence-electron chi connectivity index (χ4n) is 0.549. The number of hydrogen-bond donors (Lipinski definition) is 0. The molecule has 8 heavy (non-hydrogen) atoms. The van der Waals surface area contributed by atoms with Crippen LogP contribution in [-0.2, 0) is 4.74 Å². The lowest BCUT2D eigenvalue weighted by Gasteiger charge is -2.18. The summed E-state index contributed by atoms with van der Waals surface area (Å²) in [4.78, 5) is 0. The van der Waals surface area contributed by atoms with E-state index in [-0.39, 0.29) is 4.51 Å². The van der Waals surface area contributed by atoms with Crippen molar-refractivity contribution in [2.75, 3.05) is 7.11 Å². The van der Waals surface area contributed by atoms with Crippen LogP contribution in [0, 0.1) is 0 Å². The Morgan fingerprint density at radius 1 is 1.62 bits per heavy atom. The summed E-state index contributed by atoms with van der Waals surface area (Å²) in [7, 11) is 1.71. The number of ether oxygens (including phenoxy) is 1. The predicted molar refractivity (Wildman–Crippen MR) is 39.2 cm³/mol. The van der Waals surface area contributed by atoms with Gasteiger partial charge in [0.2, 0.25) is 0 Å². The Morgan fingerprint density at radius 2 is 2.12 bits per heavy atom. The molecule has 0 rings (SSSR count). The summed E-state index contributed by atoms with van der Waals surface area (Å²) < 4.78 is 5.00. The van der Waals surface area contributed by atoms with Crippen LogP contribution in [0.3, 0.4) is 0 Å². The van der Waals surface area contributed by atoms with Crippen molar-refractivity contribution in [3.05, 3.63) is 0 Å². The Labute approximate surface area is 59.5 Å². The quantitative estimate of drug-likeness (QED) is 0.608. The van der Waals surface area contributed by atoms with E-state index in [2.05, 4.69) is 22.9 Å². The van der Waals surface area contributed by atoms with Crippen molar-refractivity contribution in [3.63, 3.8) is 0 Å². The van der Waals surface area contributed by atoms with Crippen molar-refractivity contribution in [3.8, 4) is 0 Å². The fourth-order valence-corrected chi connectivity index (χ4v) is 0.945. The number of methoxy groups -OCH3 is 1. The van der Waals surface area contributed by atoms with E-state index in [4.69, 9.17) is 4.74 Å². The molecule has 0 aliphatic heterocycles. The van der Waals surface area contributed by atoms with Crippen LogP contribution in [0.25, 0.3) is 0 Å². The van der Waals surface area contributed by atoms with E-state index in [0.717, 1.165) is 12.8 Å². The Morgan fingerprint density at radius 3 is 2.25 bits per heavy atom. The lowest BCUT2D eigenvalue weighted by atomic mass is 10.2. The molecule has 0 aromatic heterocycles. The minimum atomic E-state index is -0.0955. The first-order valence-electron chi connectivity index (χ1n) is 2.86. The van der Waals surface area contributed by atoms with Crippen molar-refractivity contribution in [2.45, 2.75) is 31.2 Å². The molecule has 1 atom stereocenters. The summed E-state index contributed by atoms with van der Waals surface area (Å²) in [5, 5.41) is 0. The standard InChI is InChI=1S/C6H13BrO/c1-4-5-6(2,7)8-3/h4-5H2,1-3H3. The van der Waals surface area contributed by atoms with Crippen molar-refractivity contribution < 1.29 is 4.74 Å². The van der Waals surface area contributed by atoms with Gasteiger partial charge < -0.3 is 4.74 Å². The Kier molecular flexibility index (Phi) is 3.65. The molecule has 50 valence electrons. The van der Waals surface area contributed by atoms with Crippen LogP contribution in [0.15, 0.2) is 0 Å². The van der Waals surface area contributed by atoms with Gasteiger partial charge >= 0.3 is 0 Å². The Hall–Kier alpha value is 0.440. The highest BCUT2D eigenvalue weighted by atomic mass is 79.9. The molecule has 1 unspecified atom stereocenters. The summed E-state index contributed by atoms with van der Waals surface area (Å²) in [6.07, 6.45) is 2.21. The van der Waals surface area contributed by atoms with Gasteiger partial charge in [-0.05, 0) is 13.3 Å². The Bertz CT molecular complexity index is 61.5. The lowest BCUT2D eigenvalue weighted by Crippen LogP contribution is -2.16. The number of rotatable bonds is 3. The van der Waals surface area contributed by atoms with Crippen molar-refractivity contribution in [2.24, 2.45) is 0 Å². The number of halogens is 1. The molecule has 2 heteroatoms. The summed E-state index contributed by atoms with van der Waals surface area (Å²) in [6.45, 7) is 4.16. The second-order valence-corrected chi connectivity index (χ2v) is 3.73. The van der Waals surface area contributed by atoms with Gasteiger partial charge in [0.15, 0.2) is 0 Å². The molecule has 0 heterocycles. The number of hydrogen-bond acceptors (Lipinski definition) is 1. The summed E-state index contributed by atoms with van der Waals surface area (Å²) >= 11 is 3.42. The van der Waals surface area contributed by atoms with Gasteiger partial charge in [-0.1, -0.05) is 29.3 Å². The van der Waals surface area contributed by atoms with Gasteiger partial charge in [-0.2, -0.15) is 0 Å². The molecule has 0 radical (unpaired) electrons. The lowest BCUT2D eigenvalue weighted by molar-refractivity contribution is 0.0856. The van der Waals surface area contributed by atoms with E-state index in [1.54, 1.807) is 7.11 Å². The third-order valence-electron chi connectivity index (χ3n) is 1.12. The van der Waals surface area contributed by atoms with E-state index >= 15 is 0 Å². The molecule has 0 saturated heterocycles. The van der Waals surface area contributed by atoms with Crippen molar-refractivity contribution >= 4 is 15.9 Å². The van der Waals surface area contributed by atoms with Gasteiger partial charge in [0.05, 0.1) is 0 Å². The van der Waals surface area contributed by atoms with E-state index in [9.17, 15) is 0 Å². The van der Waals surface area contributed by atoms with Crippen molar-refractivity contribution in [1.82, 2.24) is 0 Å². The van der Waals surface area contributed by atoms with Crippen LogP contribution in [0.2, 0.25) is 0 Å². The largest absolute Gasteiger partial charge is 0.367 e. The topological polar surface area (TPSA) is 9.23 Å². The monoisotopic (exact) mass is 180 g/mol. The molecule has 0 aliphatic carbocycles. The molecule has 0 spiro atoms. The SMILES string of the molecule is CCCC(C)(Br)OC. The zero-order valence-corrected chi connectivity index (χ0v) is 7.29. The highest BCUT2D eigenvalue weighted by molar-refractivity contribution is 9.10. The first-order chi connectivity index (χ1) is 3.62. The maximum Gasteiger partial charge on any atom is 0.119 e. The van der Waals surface area contributed by atoms with E-state index in [1.165, 1.54) is 0 Å². The van der Waals surface area contributed by atoms with Gasteiger partial charge in [0, 0.05) is 7.11 Å². The third kappa shape index (κ3) is 3.44. The van der Waals surface area contributed by atoms with Crippen LogP contribution in [0.4, 0.5) is 0 Å². The first-order valence-corrected chi connectivity index (χ1v) is 3.66. The zero-order chi connectivity index (χ0) is 6.62. The van der Waals surface area contributed by atoms with Crippen molar-refractivity contribution in [1.29, 1.82) is 0 Å². The van der Waals surface area contributed by atoms with Crippen LogP contribution in [0.1, 0.15) is 26.7 Å². The second kappa shape index (κ2) is 3.46. The third-order valence-corrected chi connectivity index (χ3v) is 1.84. The molecule has 0 N–H and O–H groups in total. The molecule has 0 saturated carbocycles. The first kappa shape index (κ1) is 8.44. The highest BCUT2D eigenvalue weighted by Gasteiger charge is 2.15. The number of alkyl halides is 1. The van der Waals surface area contributed by atoms with Crippen LogP contribution >= 0.6 is 15.9 Å². The highest BCUT2D eigenvalue weighted by Crippen LogP contribution is 2.23. The molecule has 0 aromatic carbocycles.